The van der Waals surface area contributed by atoms with Crippen molar-refractivity contribution >= 4 is 10.9 Å². The third-order valence-corrected chi connectivity index (χ3v) is 3.12. The van der Waals surface area contributed by atoms with Crippen LogP contribution < -0.4 is 5.73 Å². The summed E-state index contributed by atoms with van der Waals surface area (Å²) in [5.74, 6) is 0. The van der Waals surface area contributed by atoms with Crippen LogP contribution in [-0.4, -0.2) is 15.0 Å². The first kappa shape index (κ1) is 11.7. The minimum Gasteiger partial charge on any atom is -0.319 e. The maximum absolute atomic E-state index is 6.29. The summed E-state index contributed by atoms with van der Waals surface area (Å²) in [7, 11) is 0. The number of nitrogens with zero attached hydrogens (tertiary/aromatic N) is 3. The molecule has 2 aromatic heterocycles. The van der Waals surface area contributed by atoms with Crippen LogP contribution in [0.5, 0.6) is 0 Å². The number of fused-ring (bicyclic) bond motifs is 1. The predicted octanol–water partition coefficient (Wildman–Crippen LogP) is 2.38. The molecule has 0 aliphatic heterocycles. The molecule has 3 aromatic rings. The van der Waals surface area contributed by atoms with Gasteiger partial charge in [0.2, 0.25) is 0 Å². The molecule has 4 nitrogen and oxygen atoms in total. The summed E-state index contributed by atoms with van der Waals surface area (Å²) < 4.78 is 0. The average molecular weight is 250 g/mol. The number of aromatic nitrogens is 3. The Morgan fingerprint density at radius 1 is 1.00 bits per heavy atom. The van der Waals surface area contributed by atoms with Crippen molar-refractivity contribution < 1.29 is 0 Å². The van der Waals surface area contributed by atoms with Crippen LogP contribution >= 0.6 is 0 Å². The number of benzene rings is 1. The van der Waals surface area contributed by atoms with Crippen molar-refractivity contribution in [3.63, 3.8) is 0 Å². The smallest absolute Gasteiger partial charge is 0.0800 e. The average Bonchev–Trinajstić information content (AvgIpc) is 2.47. The van der Waals surface area contributed by atoms with Gasteiger partial charge in [0, 0.05) is 23.3 Å². The number of rotatable bonds is 2. The number of hydrogen-bond acceptors (Lipinski definition) is 4. The molecule has 0 aliphatic carbocycles. The molecule has 3 rings (SSSR count). The quantitative estimate of drug-likeness (QED) is 0.758. The number of nitrogens with two attached hydrogens (primary N) is 1. The first-order valence-corrected chi connectivity index (χ1v) is 6.13. The molecule has 4 heteroatoms. The van der Waals surface area contributed by atoms with Gasteiger partial charge in [0.05, 0.1) is 29.1 Å². The standard InChI is InChI=1S/C15H14N4/c1-10-8-19-13(9-18-10)14(16)12-6-2-4-11-5-3-7-17-15(11)12/h2-9,14H,16H2,1H3. The lowest BCUT2D eigenvalue weighted by Gasteiger charge is -2.13. The highest BCUT2D eigenvalue weighted by molar-refractivity contribution is 5.82. The van der Waals surface area contributed by atoms with Gasteiger partial charge in [-0.05, 0) is 13.0 Å². The topological polar surface area (TPSA) is 64.7 Å². The second kappa shape index (κ2) is 4.74. The van der Waals surface area contributed by atoms with Crippen LogP contribution in [0.4, 0.5) is 0 Å². The van der Waals surface area contributed by atoms with Crippen molar-refractivity contribution in [3.05, 3.63) is 65.9 Å². The summed E-state index contributed by atoms with van der Waals surface area (Å²) in [6.45, 7) is 1.90. The Morgan fingerprint density at radius 2 is 1.84 bits per heavy atom. The maximum Gasteiger partial charge on any atom is 0.0800 e. The van der Waals surface area contributed by atoms with Gasteiger partial charge < -0.3 is 5.73 Å². The van der Waals surface area contributed by atoms with Gasteiger partial charge in [-0.3, -0.25) is 15.0 Å². The van der Waals surface area contributed by atoms with Gasteiger partial charge in [0.1, 0.15) is 0 Å². The third-order valence-electron chi connectivity index (χ3n) is 3.12. The van der Waals surface area contributed by atoms with Crippen LogP contribution in [0.3, 0.4) is 0 Å². The van der Waals surface area contributed by atoms with Crippen LogP contribution in [-0.2, 0) is 0 Å². The van der Waals surface area contributed by atoms with E-state index < -0.39 is 0 Å². The summed E-state index contributed by atoms with van der Waals surface area (Å²) in [6, 6.07) is 9.64. The molecule has 0 amide bonds. The summed E-state index contributed by atoms with van der Waals surface area (Å²) in [6.07, 6.45) is 5.23. The van der Waals surface area contributed by atoms with Gasteiger partial charge in [0.15, 0.2) is 0 Å². The molecule has 0 saturated carbocycles. The SMILES string of the molecule is Cc1cnc(C(N)c2cccc3cccnc23)cn1. The molecule has 0 radical (unpaired) electrons. The molecule has 19 heavy (non-hydrogen) atoms. The Labute approximate surface area is 111 Å². The molecular formula is C15H14N4. The van der Waals surface area contributed by atoms with E-state index in [1.165, 1.54) is 0 Å². The van der Waals surface area contributed by atoms with E-state index >= 15 is 0 Å². The van der Waals surface area contributed by atoms with Crippen molar-refractivity contribution in [2.75, 3.05) is 0 Å². The number of hydrogen-bond donors (Lipinski definition) is 1. The van der Waals surface area contributed by atoms with Gasteiger partial charge in [-0.25, -0.2) is 0 Å². The van der Waals surface area contributed by atoms with E-state index in [-0.39, 0.29) is 6.04 Å². The summed E-state index contributed by atoms with van der Waals surface area (Å²) in [5.41, 5.74) is 9.81. The summed E-state index contributed by atoms with van der Waals surface area (Å²) >= 11 is 0. The lowest BCUT2D eigenvalue weighted by Crippen LogP contribution is -2.14. The number of pyridine rings is 1. The molecule has 0 bridgehead atoms. The maximum atomic E-state index is 6.29. The Morgan fingerprint density at radius 3 is 2.63 bits per heavy atom. The lowest BCUT2D eigenvalue weighted by molar-refractivity contribution is 0.817. The van der Waals surface area contributed by atoms with E-state index in [9.17, 15) is 0 Å². The molecule has 0 saturated heterocycles. The molecule has 0 fully saturated rings. The third kappa shape index (κ3) is 2.18. The fraction of sp³-hybridized carbons (Fsp3) is 0.133. The lowest BCUT2D eigenvalue weighted by atomic mass is 10.0. The van der Waals surface area contributed by atoms with Crippen LogP contribution in [0.15, 0.2) is 48.9 Å². The Balaban J connectivity index is 2.11. The van der Waals surface area contributed by atoms with E-state index in [1.807, 2.05) is 37.3 Å². The number of para-hydroxylation sites is 1. The molecule has 0 aliphatic rings. The van der Waals surface area contributed by atoms with Gasteiger partial charge in [0.25, 0.3) is 0 Å². The zero-order chi connectivity index (χ0) is 13.2. The molecule has 1 atom stereocenters. The van der Waals surface area contributed by atoms with Gasteiger partial charge in [-0.2, -0.15) is 0 Å². The second-order valence-corrected chi connectivity index (χ2v) is 4.48. The molecule has 94 valence electrons. The fourth-order valence-corrected chi connectivity index (χ4v) is 2.10. The molecule has 0 spiro atoms. The van der Waals surface area contributed by atoms with Crippen LogP contribution in [0, 0.1) is 6.92 Å². The van der Waals surface area contributed by atoms with Crippen LogP contribution in [0.2, 0.25) is 0 Å². The van der Waals surface area contributed by atoms with Gasteiger partial charge in [-0.1, -0.05) is 24.3 Å². The highest BCUT2D eigenvalue weighted by Gasteiger charge is 2.14. The van der Waals surface area contributed by atoms with Crippen LogP contribution in [0.1, 0.15) is 23.0 Å². The Kier molecular flexibility index (Phi) is 2.93. The number of aryl methyl sites for hydroxylation is 1. The fourth-order valence-electron chi connectivity index (χ4n) is 2.10. The summed E-state index contributed by atoms with van der Waals surface area (Å²) in [5, 5.41) is 1.08. The molecule has 1 aromatic carbocycles. The minimum atomic E-state index is -0.313. The normalized spacial score (nSPS) is 12.5. The molecular weight excluding hydrogens is 236 g/mol. The molecule has 2 N–H and O–H groups in total. The molecule has 1 unspecified atom stereocenters. The monoisotopic (exact) mass is 250 g/mol. The predicted molar refractivity (Wildman–Crippen MR) is 74.5 cm³/mol. The van der Waals surface area contributed by atoms with Gasteiger partial charge in [-0.15, -0.1) is 0 Å². The Bertz CT molecular complexity index is 701. The van der Waals surface area contributed by atoms with E-state index in [2.05, 4.69) is 15.0 Å². The van der Waals surface area contributed by atoms with Crippen molar-refractivity contribution in [3.8, 4) is 0 Å². The van der Waals surface area contributed by atoms with Gasteiger partial charge >= 0.3 is 0 Å². The van der Waals surface area contributed by atoms with Crippen molar-refractivity contribution in [1.29, 1.82) is 0 Å². The van der Waals surface area contributed by atoms with E-state index in [1.54, 1.807) is 18.6 Å². The zero-order valence-electron chi connectivity index (χ0n) is 10.6. The van der Waals surface area contributed by atoms with E-state index in [0.717, 1.165) is 27.9 Å². The first-order chi connectivity index (χ1) is 9.25. The highest BCUT2D eigenvalue weighted by atomic mass is 14.8. The van der Waals surface area contributed by atoms with Crippen LogP contribution in [0.25, 0.3) is 10.9 Å². The van der Waals surface area contributed by atoms with Crippen molar-refractivity contribution in [2.24, 2.45) is 5.73 Å². The molecule has 2 heterocycles. The summed E-state index contributed by atoms with van der Waals surface area (Å²) in [4.78, 5) is 13.0. The first-order valence-electron chi connectivity index (χ1n) is 6.13. The largest absolute Gasteiger partial charge is 0.319 e. The van der Waals surface area contributed by atoms with Crippen molar-refractivity contribution in [2.45, 2.75) is 13.0 Å². The minimum absolute atomic E-state index is 0.313. The highest BCUT2D eigenvalue weighted by Crippen LogP contribution is 2.24. The van der Waals surface area contributed by atoms with E-state index in [0.29, 0.717) is 0 Å². The zero-order valence-corrected chi connectivity index (χ0v) is 10.6. The Hall–Kier alpha value is -2.33. The van der Waals surface area contributed by atoms with Crippen molar-refractivity contribution in [1.82, 2.24) is 15.0 Å². The second-order valence-electron chi connectivity index (χ2n) is 4.48. The van der Waals surface area contributed by atoms with E-state index in [4.69, 9.17) is 5.73 Å².